The number of hydrogen-bond donors (Lipinski definition) is 1. The number of halogens is 1. The number of carbonyl (C=O) groups excluding carboxylic acids is 1. The summed E-state index contributed by atoms with van der Waals surface area (Å²) in [6.45, 7) is 0. The molecular weight excluding hydrogens is 316 g/mol. The van der Waals surface area contributed by atoms with Gasteiger partial charge in [0.1, 0.15) is 11.4 Å². The summed E-state index contributed by atoms with van der Waals surface area (Å²) in [5.41, 5.74) is 7.76. The molecule has 3 rings (SSSR count). The minimum Gasteiger partial charge on any atom is -0.465 e. The lowest BCUT2D eigenvalue weighted by Crippen LogP contribution is -2.12. The molecule has 1 aromatic carbocycles. The number of esters is 1. The normalized spacial score (nSPS) is 10.5. The van der Waals surface area contributed by atoms with Crippen LogP contribution in [0.4, 0.5) is 5.82 Å². The summed E-state index contributed by atoms with van der Waals surface area (Å²) >= 11 is 6.00. The van der Waals surface area contributed by atoms with Gasteiger partial charge in [-0.3, -0.25) is 0 Å². The lowest BCUT2D eigenvalue weighted by Gasteiger charge is -2.07. The van der Waals surface area contributed by atoms with E-state index in [2.05, 4.69) is 10.1 Å². The lowest BCUT2D eigenvalue weighted by molar-refractivity contribution is 0.0600. The molecule has 0 saturated heterocycles. The molecule has 0 bridgehead atoms. The number of ether oxygens (including phenoxy) is 1. The fourth-order valence-corrected chi connectivity index (χ4v) is 2.38. The average Bonchev–Trinajstić information content (AvgIpc) is 2.96. The van der Waals surface area contributed by atoms with Crippen molar-refractivity contribution in [2.75, 3.05) is 12.8 Å². The smallest absolute Gasteiger partial charge is 0.341 e. The standard InChI is InChI=1S/C16H13ClN4O2/c1-23-16(22)12-6-3-7-19-15(12)21-14(18)9-13(20-21)10-4-2-5-11(17)8-10/h2-9H,18H2,1H3. The largest absolute Gasteiger partial charge is 0.465 e. The van der Waals surface area contributed by atoms with E-state index in [1.54, 1.807) is 36.5 Å². The number of carbonyl (C=O) groups is 1. The lowest BCUT2D eigenvalue weighted by atomic mass is 10.1. The summed E-state index contributed by atoms with van der Waals surface area (Å²) in [4.78, 5) is 16.1. The third-order valence-electron chi connectivity index (χ3n) is 3.25. The van der Waals surface area contributed by atoms with E-state index in [1.807, 2.05) is 12.1 Å². The highest BCUT2D eigenvalue weighted by atomic mass is 35.5. The Labute approximate surface area is 137 Å². The highest BCUT2D eigenvalue weighted by molar-refractivity contribution is 6.30. The van der Waals surface area contributed by atoms with Crippen LogP contribution < -0.4 is 5.73 Å². The second-order valence-electron chi connectivity index (χ2n) is 4.74. The molecule has 0 amide bonds. The Morgan fingerprint density at radius 3 is 2.83 bits per heavy atom. The number of rotatable bonds is 3. The van der Waals surface area contributed by atoms with E-state index in [1.165, 1.54) is 11.8 Å². The summed E-state index contributed by atoms with van der Waals surface area (Å²) in [6, 6.07) is 12.2. The Morgan fingerprint density at radius 2 is 2.09 bits per heavy atom. The van der Waals surface area contributed by atoms with Crippen LogP contribution in [-0.4, -0.2) is 27.8 Å². The van der Waals surface area contributed by atoms with Crippen molar-refractivity contribution in [3.63, 3.8) is 0 Å². The van der Waals surface area contributed by atoms with Crippen LogP contribution in [0.3, 0.4) is 0 Å². The van der Waals surface area contributed by atoms with Gasteiger partial charge in [-0.25, -0.2) is 9.78 Å². The molecule has 0 atom stereocenters. The minimum atomic E-state index is -0.507. The van der Waals surface area contributed by atoms with Gasteiger partial charge in [-0.1, -0.05) is 23.7 Å². The zero-order chi connectivity index (χ0) is 16.4. The van der Waals surface area contributed by atoms with Gasteiger partial charge in [0.25, 0.3) is 0 Å². The molecule has 2 aromatic heterocycles. The van der Waals surface area contributed by atoms with Gasteiger partial charge in [-0.2, -0.15) is 9.78 Å². The third kappa shape index (κ3) is 2.89. The summed E-state index contributed by atoms with van der Waals surface area (Å²) < 4.78 is 6.17. The first-order valence-corrected chi connectivity index (χ1v) is 7.13. The number of hydrogen-bond acceptors (Lipinski definition) is 5. The van der Waals surface area contributed by atoms with Crippen LogP contribution in [0.15, 0.2) is 48.7 Å². The van der Waals surface area contributed by atoms with E-state index in [-0.39, 0.29) is 5.56 Å². The van der Waals surface area contributed by atoms with E-state index in [4.69, 9.17) is 22.1 Å². The Balaban J connectivity index is 2.11. The number of pyridine rings is 1. The van der Waals surface area contributed by atoms with E-state index in [9.17, 15) is 4.79 Å². The van der Waals surface area contributed by atoms with Crippen molar-refractivity contribution >= 4 is 23.4 Å². The van der Waals surface area contributed by atoms with Gasteiger partial charge in [0, 0.05) is 22.8 Å². The molecule has 6 nitrogen and oxygen atoms in total. The van der Waals surface area contributed by atoms with Gasteiger partial charge in [-0.15, -0.1) is 0 Å². The van der Waals surface area contributed by atoms with Crippen LogP contribution in [0.2, 0.25) is 5.02 Å². The van der Waals surface area contributed by atoms with Crippen molar-refractivity contribution in [3.05, 3.63) is 59.2 Å². The van der Waals surface area contributed by atoms with Gasteiger partial charge >= 0.3 is 5.97 Å². The molecule has 0 spiro atoms. The van der Waals surface area contributed by atoms with E-state index in [0.29, 0.717) is 22.4 Å². The molecule has 116 valence electrons. The Bertz CT molecular complexity index is 876. The van der Waals surface area contributed by atoms with Crippen LogP contribution in [0.25, 0.3) is 17.1 Å². The van der Waals surface area contributed by atoms with Crippen LogP contribution in [0.1, 0.15) is 10.4 Å². The van der Waals surface area contributed by atoms with Gasteiger partial charge in [0.15, 0.2) is 5.82 Å². The quantitative estimate of drug-likeness (QED) is 0.747. The van der Waals surface area contributed by atoms with Crippen molar-refractivity contribution in [2.45, 2.75) is 0 Å². The predicted octanol–water partition coefficient (Wildman–Crippen LogP) is 2.96. The van der Waals surface area contributed by atoms with Crippen molar-refractivity contribution in [1.29, 1.82) is 0 Å². The fraction of sp³-hybridized carbons (Fsp3) is 0.0625. The average molecular weight is 329 g/mol. The highest BCUT2D eigenvalue weighted by Crippen LogP contribution is 2.25. The molecule has 23 heavy (non-hydrogen) atoms. The SMILES string of the molecule is COC(=O)c1cccnc1-n1nc(-c2cccc(Cl)c2)cc1N. The number of anilines is 1. The molecule has 0 aliphatic heterocycles. The summed E-state index contributed by atoms with van der Waals surface area (Å²) in [6.07, 6.45) is 1.56. The Morgan fingerprint density at radius 1 is 1.26 bits per heavy atom. The second-order valence-corrected chi connectivity index (χ2v) is 5.18. The first-order valence-electron chi connectivity index (χ1n) is 6.75. The first kappa shape index (κ1) is 15.1. The zero-order valence-corrected chi connectivity index (χ0v) is 13.0. The van der Waals surface area contributed by atoms with Gasteiger partial charge in [-0.05, 0) is 24.3 Å². The number of nitrogens with two attached hydrogens (primary N) is 1. The number of methoxy groups -OCH3 is 1. The third-order valence-corrected chi connectivity index (χ3v) is 3.48. The fourth-order valence-electron chi connectivity index (χ4n) is 2.19. The maximum Gasteiger partial charge on any atom is 0.341 e. The van der Waals surface area contributed by atoms with Gasteiger partial charge in [0.2, 0.25) is 0 Å². The van der Waals surface area contributed by atoms with Crippen molar-refractivity contribution < 1.29 is 9.53 Å². The van der Waals surface area contributed by atoms with E-state index < -0.39 is 5.97 Å². The minimum absolute atomic E-state index is 0.280. The number of aromatic nitrogens is 3. The molecule has 0 saturated carbocycles. The molecule has 2 heterocycles. The van der Waals surface area contributed by atoms with Crippen LogP contribution >= 0.6 is 11.6 Å². The maximum absolute atomic E-state index is 11.9. The van der Waals surface area contributed by atoms with Gasteiger partial charge in [0.05, 0.1) is 12.8 Å². The zero-order valence-electron chi connectivity index (χ0n) is 12.2. The summed E-state index contributed by atoms with van der Waals surface area (Å²) in [5.74, 6) is 0.154. The predicted molar refractivity (Wildman–Crippen MR) is 87.6 cm³/mol. The molecule has 2 N–H and O–H groups in total. The van der Waals surface area contributed by atoms with Crippen molar-refractivity contribution in [3.8, 4) is 17.1 Å². The molecule has 0 aliphatic carbocycles. The number of nitrogens with zero attached hydrogens (tertiary/aromatic N) is 3. The molecule has 7 heteroatoms. The molecule has 3 aromatic rings. The molecule has 0 aliphatic rings. The number of nitrogen functional groups attached to an aromatic ring is 1. The van der Waals surface area contributed by atoms with E-state index in [0.717, 1.165) is 5.56 Å². The van der Waals surface area contributed by atoms with Gasteiger partial charge < -0.3 is 10.5 Å². The van der Waals surface area contributed by atoms with Crippen LogP contribution in [-0.2, 0) is 4.74 Å². The number of benzene rings is 1. The first-order chi connectivity index (χ1) is 11.1. The highest BCUT2D eigenvalue weighted by Gasteiger charge is 2.18. The molecule has 0 radical (unpaired) electrons. The summed E-state index contributed by atoms with van der Waals surface area (Å²) in [7, 11) is 1.31. The Kier molecular flexibility index (Phi) is 3.99. The monoisotopic (exact) mass is 328 g/mol. The maximum atomic E-state index is 11.9. The second kappa shape index (κ2) is 6.10. The van der Waals surface area contributed by atoms with E-state index >= 15 is 0 Å². The summed E-state index contributed by atoms with van der Waals surface area (Å²) in [5, 5.41) is 5.03. The Hall–Kier alpha value is -2.86. The van der Waals surface area contributed by atoms with Crippen LogP contribution in [0.5, 0.6) is 0 Å². The molecular formula is C16H13ClN4O2. The molecule has 0 unspecified atom stereocenters. The van der Waals surface area contributed by atoms with Crippen LogP contribution in [0, 0.1) is 0 Å². The van der Waals surface area contributed by atoms with Crippen molar-refractivity contribution in [2.24, 2.45) is 0 Å². The molecule has 0 fully saturated rings. The topological polar surface area (TPSA) is 83.0 Å². The van der Waals surface area contributed by atoms with Crippen molar-refractivity contribution in [1.82, 2.24) is 14.8 Å².